The zero-order valence-electron chi connectivity index (χ0n) is 16.0. The number of likely N-dealkylation sites (tertiary alicyclic amines) is 1. The Morgan fingerprint density at radius 2 is 1.69 bits per heavy atom. The van der Waals surface area contributed by atoms with Gasteiger partial charge in [0.25, 0.3) is 0 Å². The fourth-order valence-electron chi connectivity index (χ4n) is 3.53. The molecular formula is C18H30ClN3O3S. The van der Waals surface area contributed by atoms with Gasteiger partial charge in [-0.25, -0.2) is 13.1 Å². The van der Waals surface area contributed by atoms with Crippen LogP contribution in [0, 0.1) is 20.8 Å². The van der Waals surface area contributed by atoms with Crippen molar-refractivity contribution in [1.29, 1.82) is 0 Å². The smallest absolute Gasteiger partial charge is 0.241 e. The molecule has 0 aliphatic carbocycles. The third-order valence-electron chi connectivity index (χ3n) is 4.76. The van der Waals surface area contributed by atoms with Crippen LogP contribution in [0.15, 0.2) is 17.0 Å². The van der Waals surface area contributed by atoms with E-state index in [-0.39, 0.29) is 31.3 Å². The lowest BCUT2D eigenvalue weighted by Gasteiger charge is -2.31. The van der Waals surface area contributed by atoms with Crippen molar-refractivity contribution in [3.63, 3.8) is 0 Å². The molecule has 0 spiro atoms. The van der Waals surface area contributed by atoms with Crippen LogP contribution >= 0.6 is 12.4 Å². The van der Waals surface area contributed by atoms with Gasteiger partial charge >= 0.3 is 0 Å². The van der Waals surface area contributed by atoms with Crippen LogP contribution in [0.4, 0.5) is 0 Å². The summed E-state index contributed by atoms with van der Waals surface area (Å²) in [6.45, 7) is 7.12. The summed E-state index contributed by atoms with van der Waals surface area (Å²) in [6, 6.07) is 4.19. The Balaban J connectivity index is 0.00000338. The van der Waals surface area contributed by atoms with Gasteiger partial charge in [0, 0.05) is 32.1 Å². The zero-order valence-corrected chi connectivity index (χ0v) is 17.6. The first-order valence-corrected chi connectivity index (χ1v) is 10.3. The van der Waals surface area contributed by atoms with Gasteiger partial charge in [0.05, 0.1) is 4.90 Å². The zero-order chi connectivity index (χ0) is 18.6. The van der Waals surface area contributed by atoms with Crippen LogP contribution in [0.2, 0.25) is 0 Å². The molecule has 1 aromatic rings. The summed E-state index contributed by atoms with van der Waals surface area (Å²) in [7, 11) is -1.67. The third kappa shape index (κ3) is 5.67. The molecule has 26 heavy (non-hydrogen) atoms. The van der Waals surface area contributed by atoms with Crippen LogP contribution < -0.4 is 10.0 Å². The van der Waals surface area contributed by atoms with Crippen molar-refractivity contribution in [3.8, 4) is 0 Å². The maximum absolute atomic E-state index is 12.6. The number of piperidine rings is 1. The summed E-state index contributed by atoms with van der Waals surface area (Å²) in [5, 5.41) is 3.23. The van der Waals surface area contributed by atoms with Gasteiger partial charge in [0.15, 0.2) is 0 Å². The minimum absolute atomic E-state index is 0. The predicted molar refractivity (Wildman–Crippen MR) is 106 cm³/mol. The first-order valence-electron chi connectivity index (χ1n) is 8.77. The molecule has 1 aliphatic heterocycles. The average molecular weight is 404 g/mol. The van der Waals surface area contributed by atoms with E-state index < -0.39 is 10.0 Å². The van der Waals surface area contributed by atoms with E-state index in [1.165, 1.54) is 0 Å². The second kappa shape index (κ2) is 9.69. The lowest BCUT2D eigenvalue weighted by Crippen LogP contribution is -2.44. The molecule has 1 aliphatic rings. The summed E-state index contributed by atoms with van der Waals surface area (Å²) < 4.78 is 27.7. The van der Waals surface area contributed by atoms with Crippen LogP contribution in [0.25, 0.3) is 0 Å². The van der Waals surface area contributed by atoms with Crippen LogP contribution in [-0.4, -0.2) is 51.9 Å². The van der Waals surface area contributed by atoms with E-state index in [0.717, 1.165) is 42.6 Å². The fourth-order valence-corrected chi connectivity index (χ4v) is 5.01. The van der Waals surface area contributed by atoms with E-state index in [4.69, 9.17) is 0 Å². The molecule has 0 radical (unpaired) electrons. The number of hydrogen-bond donors (Lipinski definition) is 2. The summed E-state index contributed by atoms with van der Waals surface area (Å²) >= 11 is 0. The number of halogens is 1. The van der Waals surface area contributed by atoms with Gasteiger partial charge in [-0.05, 0) is 51.8 Å². The standard InChI is InChI=1S/C18H29N3O3S.ClH/c1-13-11-14(2)18(15(3)12-13)25(23,24)20-8-5-17(22)21-9-6-16(19-4)7-10-21;/h11-12,16,19-20H,5-10H2,1-4H3;1H. The second-order valence-corrected chi connectivity index (χ2v) is 8.52. The highest BCUT2D eigenvalue weighted by Gasteiger charge is 2.23. The average Bonchev–Trinajstić information content (AvgIpc) is 2.53. The number of carbonyl (C=O) groups excluding carboxylic acids is 1. The topological polar surface area (TPSA) is 78.5 Å². The van der Waals surface area contributed by atoms with Gasteiger partial charge in [-0.2, -0.15) is 0 Å². The molecule has 1 heterocycles. The van der Waals surface area contributed by atoms with Crippen LogP contribution in [-0.2, 0) is 14.8 Å². The molecule has 0 unspecified atom stereocenters. The highest BCUT2D eigenvalue weighted by atomic mass is 35.5. The number of sulfonamides is 1. The SMILES string of the molecule is CNC1CCN(C(=O)CCNS(=O)(=O)c2c(C)cc(C)cc2C)CC1.Cl. The normalized spacial score (nSPS) is 15.6. The molecule has 0 atom stereocenters. The van der Waals surface area contributed by atoms with E-state index in [0.29, 0.717) is 10.9 Å². The van der Waals surface area contributed by atoms with E-state index in [2.05, 4.69) is 10.0 Å². The monoisotopic (exact) mass is 403 g/mol. The number of nitrogens with one attached hydrogen (secondary N) is 2. The van der Waals surface area contributed by atoms with Crippen molar-refractivity contribution in [2.24, 2.45) is 0 Å². The first kappa shape index (κ1) is 22.9. The van der Waals surface area contributed by atoms with E-state index in [1.807, 2.05) is 31.0 Å². The second-order valence-electron chi connectivity index (χ2n) is 6.82. The van der Waals surface area contributed by atoms with E-state index in [9.17, 15) is 13.2 Å². The van der Waals surface area contributed by atoms with Gasteiger partial charge in [0.2, 0.25) is 15.9 Å². The maximum atomic E-state index is 12.6. The number of benzene rings is 1. The molecule has 2 rings (SSSR count). The van der Waals surface area contributed by atoms with Crippen molar-refractivity contribution in [2.45, 2.75) is 51.0 Å². The Morgan fingerprint density at radius 1 is 1.15 bits per heavy atom. The molecule has 1 saturated heterocycles. The number of carbonyl (C=O) groups is 1. The van der Waals surface area contributed by atoms with E-state index in [1.54, 1.807) is 13.8 Å². The summed E-state index contributed by atoms with van der Waals surface area (Å²) in [4.78, 5) is 14.4. The molecule has 0 bridgehead atoms. The number of nitrogens with zero attached hydrogens (tertiary/aromatic N) is 1. The molecule has 0 aromatic heterocycles. The summed E-state index contributed by atoms with van der Waals surface area (Å²) in [6.07, 6.45) is 2.07. The van der Waals surface area contributed by atoms with Crippen LogP contribution in [0.5, 0.6) is 0 Å². The fraction of sp³-hybridized carbons (Fsp3) is 0.611. The van der Waals surface area contributed by atoms with Crippen LogP contribution in [0.3, 0.4) is 0 Å². The summed E-state index contributed by atoms with van der Waals surface area (Å²) in [5.41, 5.74) is 2.49. The largest absolute Gasteiger partial charge is 0.343 e. The molecule has 6 nitrogen and oxygen atoms in total. The number of aryl methyl sites for hydroxylation is 3. The minimum Gasteiger partial charge on any atom is -0.343 e. The van der Waals surface area contributed by atoms with Gasteiger partial charge < -0.3 is 10.2 Å². The molecule has 2 N–H and O–H groups in total. The van der Waals surface area contributed by atoms with Crippen molar-refractivity contribution in [2.75, 3.05) is 26.7 Å². The van der Waals surface area contributed by atoms with Crippen molar-refractivity contribution >= 4 is 28.3 Å². The van der Waals surface area contributed by atoms with Crippen molar-refractivity contribution < 1.29 is 13.2 Å². The molecule has 1 aromatic carbocycles. The molecule has 8 heteroatoms. The Hall–Kier alpha value is -1.15. The Morgan fingerprint density at radius 3 is 2.19 bits per heavy atom. The Bertz CT molecular complexity index is 706. The number of amides is 1. The lowest BCUT2D eigenvalue weighted by atomic mass is 10.1. The molecule has 148 valence electrons. The molecule has 0 saturated carbocycles. The van der Waals surface area contributed by atoms with Crippen molar-refractivity contribution in [1.82, 2.24) is 14.9 Å². The van der Waals surface area contributed by atoms with Gasteiger partial charge in [0.1, 0.15) is 0 Å². The molecule has 1 fully saturated rings. The highest BCUT2D eigenvalue weighted by molar-refractivity contribution is 7.89. The lowest BCUT2D eigenvalue weighted by molar-refractivity contribution is -0.132. The van der Waals surface area contributed by atoms with Crippen molar-refractivity contribution in [3.05, 3.63) is 28.8 Å². The first-order chi connectivity index (χ1) is 11.7. The van der Waals surface area contributed by atoms with Gasteiger partial charge in [-0.15, -0.1) is 12.4 Å². The number of hydrogen-bond acceptors (Lipinski definition) is 4. The number of rotatable bonds is 6. The predicted octanol–water partition coefficient (Wildman–Crippen LogP) is 1.91. The molecular weight excluding hydrogens is 374 g/mol. The highest BCUT2D eigenvalue weighted by Crippen LogP contribution is 2.21. The minimum atomic E-state index is -3.61. The Kier molecular flexibility index (Phi) is 8.53. The van der Waals surface area contributed by atoms with E-state index >= 15 is 0 Å². The summed E-state index contributed by atoms with van der Waals surface area (Å²) in [5.74, 6) is 0.00889. The molecule has 1 amide bonds. The van der Waals surface area contributed by atoms with Gasteiger partial charge in [-0.1, -0.05) is 17.7 Å². The maximum Gasteiger partial charge on any atom is 0.241 e. The Labute approximate surface area is 163 Å². The van der Waals surface area contributed by atoms with Crippen LogP contribution in [0.1, 0.15) is 36.0 Å². The van der Waals surface area contributed by atoms with Gasteiger partial charge in [-0.3, -0.25) is 4.79 Å². The third-order valence-corrected chi connectivity index (χ3v) is 6.53. The quantitative estimate of drug-likeness (QED) is 0.760.